The van der Waals surface area contributed by atoms with Crippen LogP contribution in [0.4, 0.5) is 0 Å². The van der Waals surface area contributed by atoms with Gasteiger partial charge >= 0.3 is 0 Å². The largest absolute Gasteiger partial charge is 0.334 e. The molecule has 0 radical (unpaired) electrons. The van der Waals surface area contributed by atoms with E-state index in [-0.39, 0.29) is 11.9 Å². The van der Waals surface area contributed by atoms with E-state index in [1.54, 1.807) is 12.1 Å². The standard InChI is InChI=1S/C12H13Cl2NO/c13-8-9-4-3-7-15(9)12(16)10-5-1-2-6-11(10)14/h1-2,5-6,9H,3-4,7-8H2. The summed E-state index contributed by atoms with van der Waals surface area (Å²) in [5.41, 5.74) is 0.571. The Morgan fingerprint density at radius 2 is 2.19 bits per heavy atom. The number of amides is 1. The number of nitrogens with zero attached hydrogens (tertiary/aromatic N) is 1. The number of benzene rings is 1. The average Bonchev–Trinajstić information content (AvgIpc) is 2.77. The third-order valence-corrected chi connectivity index (χ3v) is 3.61. The molecular weight excluding hydrogens is 245 g/mol. The molecule has 16 heavy (non-hydrogen) atoms. The van der Waals surface area contributed by atoms with Gasteiger partial charge in [0.05, 0.1) is 10.6 Å². The van der Waals surface area contributed by atoms with Crippen molar-refractivity contribution in [3.63, 3.8) is 0 Å². The maximum absolute atomic E-state index is 12.2. The van der Waals surface area contributed by atoms with E-state index in [1.807, 2.05) is 17.0 Å². The van der Waals surface area contributed by atoms with E-state index >= 15 is 0 Å². The highest BCUT2D eigenvalue weighted by atomic mass is 35.5. The first-order valence-corrected chi connectivity index (χ1v) is 6.26. The van der Waals surface area contributed by atoms with Crippen molar-refractivity contribution in [2.45, 2.75) is 18.9 Å². The normalized spacial score (nSPS) is 20.1. The third kappa shape index (κ3) is 2.18. The minimum Gasteiger partial charge on any atom is -0.334 e. The van der Waals surface area contributed by atoms with Crippen LogP contribution in [0.3, 0.4) is 0 Å². The second-order valence-electron chi connectivity index (χ2n) is 3.93. The SMILES string of the molecule is O=C(c1ccccc1Cl)N1CCCC1CCl. The highest BCUT2D eigenvalue weighted by molar-refractivity contribution is 6.33. The smallest absolute Gasteiger partial charge is 0.255 e. The lowest BCUT2D eigenvalue weighted by Crippen LogP contribution is -2.36. The van der Waals surface area contributed by atoms with Gasteiger partial charge in [0, 0.05) is 18.5 Å². The van der Waals surface area contributed by atoms with Gasteiger partial charge in [0.2, 0.25) is 0 Å². The summed E-state index contributed by atoms with van der Waals surface area (Å²) in [6.07, 6.45) is 2.01. The minimum atomic E-state index is -0.00579. The van der Waals surface area contributed by atoms with Crippen LogP contribution in [0.5, 0.6) is 0 Å². The van der Waals surface area contributed by atoms with Crippen molar-refractivity contribution in [1.82, 2.24) is 4.90 Å². The van der Waals surface area contributed by atoms with Crippen LogP contribution in [0, 0.1) is 0 Å². The first kappa shape index (κ1) is 11.7. The Kier molecular flexibility index (Phi) is 3.72. The number of carbonyl (C=O) groups is 1. The number of rotatable bonds is 2. The average molecular weight is 258 g/mol. The predicted octanol–water partition coefficient (Wildman–Crippen LogP) is 3.18. The van der Waals surface area contributed by atoms with Gasteiger partial charge in [-0.3, -0.25) is 4.79 Å². The van der Waals surface area contributed by atoms with E-state index in [1.165, 1.54) is 0 Å². The molecule has 4 heteroatoms. The van der Waals surface area contributed by atoms with Gasteiger partial charge in [0.15, 0.2) is 0 Å². The lowest BCUT2D eigenvalue weighted by atomic mass is 10.2. The number of alkyl halides is 1. The molecular formula is C12H13Cl2NO. The number of hydrogen-bond acceptors (Lipinski definition) is 1. The summed E-state index contributed by atoms with van der Waals surface area (Å²) in [6, 6.07) is 7.30. The van der Waals surface area contributed by atoms with E-state index in [4.69, 9.17) is 23.2 Å². The number of halogens is 2. The topological polar surface area (TPSA) is 20.3 Å². The van der Waals surface area contributed by atoms with E-state index in [2.05, 4.69) is 0 Å². The molecule has 1 aliphatic heterocycles. The first-order chi connectivity index (χ1) is 7.74. The second-order valence-corrected chi connectivity index (χ2v) is 4.64. The van der Waals surface area contributed by atoms with E-state index in [9.17, 15) is 4.79 Å². The van der Waals surface area contributed by atoms with Crippen molar-refractivity contribution in [1.29, 1.82) is 0 Å². The summed E-state index contributed by atoms with van der Waals surface area (Å²) < 4.78 is 0. The third-order valence-electron chi connectivity index (χ3n) is 2.92. The van der Waals surface area contributed by atoms with Gasteiger partial charge in [-0.05, 0) is 25.0 Å². The fourth-order valence-electron chi connectivity index (χ4n) is 2.05. The van der Waals surface area contributed by atoms with E-state index < -0.39 is 0 Å². The maximum Gasteiger partial charge on any atom is 0.255 e. The van der Waals surface area contributed by atoms with Crippen LogP contribution in [0.2, 0.25) is 5.02 Å². The Hall–Kier alpha value is -0.730. The molecule has 0 N–H and O–H groups in total. The van der Waals surface area contributed by atoms with Gasteiger partial charge in [-0.25, -0.2) is 0 Å². The molecule has 1 unspecified atom stereocenters. The zero-order chi connectivity index (χ0) is 11.5. The molecule has 1 heterocycles. The Bertz CT molecular complexity index is 394. The van der Waals surface area contributed by atoms with Gasteiger partial charge in [0.25, 0.3) is 5.91 Å². The van der Waals surface area contributed by atoms with Crippen molar-refractivity contribution < 1.29 is 4.79 Å². The summed E-state index contributed by atoms with van der Waals surface area (Å²) in [5.74, 6) is 0.490. The molecule has 1 aromatic rings. The lowest BCUT2D eigenvalue weighted by Gasteiger charge is -2.23. The summed E-state index contributed by atoms with van der Waals surface area (Å²) in [7, 11) is 0. The van der Waals surface area contributed by atoms with Crippen LogP contribution >= 0.6 is 23.2 Å². The minimum absolute atomic E-state index is 0.00579. The summed E-state index contributed by atoms with van der Waals surface area (Å²) in [6.45, 7) is 0.779. The van der Waals surface area contributed by atoms with E-state index in [0.717, 1.165) is 19.4 Å². The fraction of sp³-hybridized carbons (Fsp3) is 0.417. The van der Waals surface area contributed by atoms with Gasteiger partial charge < -0.3 is 4.90 Å². The molecule has 2 rings (SSSR count). The fourth-order valence-corrected chi connectivity index (χ4v) is 2.59. The van der Waals surface area contributed by atoms with Crippen LogP contribution in [0.15, 0.2) is 24.3 Å². The Labute approximate surface area is 105 Å². The summed E-state index contributed by atoms with van der Waals surface area (Å²) >= 11 is 11.9. The highest BCUT2D eigenvalue weighted by Crippen LogP contribution is 2.24. The van der Waals surface area contributed by atoms with Crippen molar-refractivity contribution in [3.8, 4) is 0 Å². The number of carbonyl (C=O) groups excluding carboxylic acids is 1. The van der Waals surface area contributed by atoms with Gasteiger partial charge in [-0.15, -0.1) is 11.6 Å². The van der Waals surface area contributed by atoms with Crippen molar-refractivity contribution in [3.05, 3.63) is 34.9 Å². The quantitative estimate of drug-likeness (QED) is 0.746. The number of hydrogen-bond donors (Lipinski definition) is 0. The molecule has 86 valence electrons. The molecule has 1 atom stereocenters. The highest BCUT2D eigenvalue weighted by Gasteiger charge is 2.29. The maximum atomic E-state index is 12.2. The lowest BCUT2D eigenvalue weighted by molar-refractivity contribution is 0.0749. The van der Waals surface area contributed by atoms with Crippen LogP contribution < -0.4 is 0 Å². The predicted molar refractivity (Wildman–Crippen MR) is 66.2 cm³/mol. The Balaban J connectivity index is 2.22. The molecule has 1 aromatic carbocycles. The van der Waals surface area contributed by atoms with Crippen molar-refractivity contribution in [2.24, 2.45) is 0 Å². The molecule has 0 bridgehead atoms. The summed E-state index contributed by atoms with van der Waals surface area (Å²) in [4.78, 5) is 14.0. The molecule has 1 amide bonds. The first-order valence-electron chi connectivity index (χ1n) is 5.35. The number of likely N-dealkylation sites (tertiary alicyclic amines) is 1. The van der Waals surface area contributed by atoms with Gasteiger partial charge in [-0.1, -0.05) is 23.7 Å². The Morgan fingerprint density at radius 3 is 2.88 bits per heavy atom. The van der Waals surface area contributed by atoms with Crippen LogP contribution in [0.1, 0.15) is 23.2 Å². The van der Waals surface area contributed by atoms with Crippen LogP contribution in [-0.4, -0.2) is 29.3 Å². The van der Waals surface area contributed by atoms with Crippen molar-refractivity contribution >= 4 is 29.1 Å². The zero-order valence-electron chi connectivity index (χ0n) is 8.83. The van der Waals surface area contributed by atoms with Crippen LogP contribution in [0.25, 0.3) is 0 Å². The van der Waals surface area contributed by atoms with Gasteiger partial charge in [0.1, 0.15) is 0 Å². The van der Waals surface area contributed by atoms with Crippen molar-refractivity contribution in [2.75, 3.05) is 12.4 Å². The molecule has 1 saturated heterocycles. The summed E-state index contributed by atoms with van der Waals surface area (Å²) in [5, 5.41) is 0.507. The zero-order valence-corrected chi connectivity index (χ0v) is 10.3. The second kappa shape index (κ2) is 5.07. The molecule has 2 nitrogen and oxygen atoms in total. The monoisotopic (exact) mass is 257 g/mol. The van der Waals surface area contributed by atoms with Crippen LogP contribution in [-0.2, 0) is 0 Å². The van der Waals surface area contributed by atoms with Gasteiger partial charge in [-0.2, -0.15) is 0 Å². The molecule has 0 aliphatic carbocycles. The Morgan fingerprint density at radius 1 is 1.44 bits per heavy atom. The van der Waals surface area contributed by atoms with E-state index in [0.29, 0.717) is 16.5 Å². The molecule has 0 saturated carbocycles. The molecule has 1 aliphatic rings. The molecule has 0 aromatic heterocycles. The molecule has 0 spiro atoms. The molecule has 1 fully saturated rings.